The van der Waals surface area contributed by atoms with Gasteiger partial charge in [-0.05, 0) is 129 Å². The van der Waals surface area contributed by atoms with E-state index in [0.29, 0.717) is 0 Å². The van der Waals surface area contributed by atoms with Crippen LogP contribution in [0.25, 0.3) is 142 Å². The summed E-state index contributed by atoms with van der Waals surface area (Å²) in [4.78, 5) is 0. The molecule has 0 radical (unpaired) electrons. The number of rotatable bonds is 3. The monoisotopic (exact) mass is 734 g/mol. The predicted molar refractivity (Wildman–Crippen MR) is 245 cm³/mol. The number of hydrogen-bond donors (Lipinski definition) is 0. The maximum atomic E-state index is 6.73. The minimum Gasteiger partial charge on any atom is -0.456 e. The molecule has 0 unspecified atom stereocenters. The quantitative estimate of drug-likeness (QED) is 0.169. The summed E-state index contributed by atoms with van der Waals surface area (Å²) >= 11 is 0. The fraction of sp³-hybridized carbons (Fsp3) is 0. The van der Waals surface area contributed by atoms with E-state index in [1.807, 2.05) is 0 Å². The molecule has 0 saturated heterocycles. The molecule has 2 heteroatoms. The number of benzene rings is 12. The van der Waals surface area contributed by atoms with Gasteiger partial charge in [0.25, 0.3) is 0 Å². The standard InChI is InChI=1S/C56H30O2/c1-4-31-10-12-35-14-21-40(43-23-16-33(6-1)52(31)54(35)43)37-19-27-51-46(28-37)45-9-3-8-42(56(45)58-51)39-20-26-50-48(30-39)47-29-38(18-25-49(47)57-50)41-22-15-36-13-11-32-5-2-7-34-17-24-44(41)55(36)53(32)34/h1-30H. The highest BCUT2D eigenvalue weighted by Crippen LogP contribution is 2.44. The van der Waals surface area contributed by atoms with E-state index in [1.54, 1.807) is 0 Å². The lowest BCUT2D eigenvalue weighted by Crippen LogP contribution is -1.87. The van der Waals surface area contributed by atoms with Crippen molar-refractivity contribution in [3.63, 3.8) is 0 Å². The Hall–Kier alpha value is -7.68. The van der Waals surface area contributed by atoms with Gasteiger partial charge in [-0.1, -0.05) is 146 Å². The lowest BCUT2D eigenvalue weighted by atomic mass is 9.89. The first-order valence-electron chi connectivity index (χ1n) is 20.0. The Morgan fingerprint density at radius 2 is 0.638 bits per heavy atom. The largest absolute Gasteiger partial charge is 0.456 e. The summed E-state index contributed by atoms with van der Waals surface area (Å²) in [5, 5.41) is 20.0. The molecular formula is C56H30O2. The fourth-order valence-electron chi connectivity index (χ4n) is 10.3. The maximum absolute atomic E-state index is 6.73. The van der Waals surface area contributed by atoms with Gasteiger partial charge in [-0.3, -0.25) is 0 Å². The average Bonchev–Trinajstić information content (AvgIpc) is 3.84. The number of fused-ring (bicyclic) bond motifs is 6. The van der Waals surface area contributed by atoms with E-state index in [-0.39, 0.29) is 0 Å². The molecule has 0 N–H and O–H groups in total. The van der Waals surface area contributed by atoms with Gasteiger partial charge in [0.2, 0.25) is 0 Å². The molecule has 0 atom stereocenters. The zero-order valence-corrected chi connectivity index (χ0v) is 31.1. The number of hydrogen-bond acceptors (Lipinski definition) is 2. The van der Waals surface area contributed by atoms with Gasteiger partial charge in [-0.15, -0.1) is 0 Å². The first-order valence-corrected chi connectivity index (χ1v) is 20.0. The van der Waals surface area contributed by atoms with Gasteiger partial charge in [0, 0.05) is 27.1 Å². The molecule has 266 valence electrons. The molecule has 2 heterocycles. The van der Waals surface area contributed by atoms with Crippen LogP contribution >= 0.6 is 0 Å². The molecule has 2 nitrogen and oxygen atoms in total. The summed E-state index contributed by atoms with van der Waals surface area (Å²) in [6.45, 7) is 0. The van der Waals surface area contributed by atoms with Gasteiger partial charge in [-0.2, -0.15) is 0 Å². The van der Waals surface area contributed by atoms with Crippen molar-refractivity contribution in [3.8, 4) is 33.4 Å². The third-order valence-corrected chi connectivity index (χ3v) is 13.0. The SMILES string of the molecule is c1cc2ccc3ccc(-c4ccc5oc6ccc(-c7cccc8c7oc7ccc(-c9ccc%10ccc%11cccc%12ccc9c%10c%11%12)cc78)cc6c5c4)c4ccc(c1)c2c34. The van der Waals surface area contributed by atoms with Crippen molar-refractivity contribution in [2.75, 3.05) is 0 Å². The normalized spacial score (nSPS) is 12.5. The lowest BCUT2D eigenvalue weighted by molar-refractivity contribution is 0.668. The Labute approximate surface area is 331 Å². The van der Waals surface area contributed by atoms with Crippen molar-refractivity contribution in [1.82, 2.24) is 0 Å². The molecule has 14 rings (SSSR count). The molecule has 0 aliphatic heterocycles. The molecule has 14 aromatic rings. The maximum Gasteiger partial charge on any atom is 0.143 e. The summed E-state index contributed by atoms with van der Waals surface area (Å²) < 4.78 is 13.2. The Bertz CT molecular complexity index is 4000. The van der Waals surface area contributed by atoms with Crippen molar-refractivity contribution in [1.29, 1.82) is 0 Å². The molecule has 0 saturated carbocycles. The second-order valence-corrected chi connectivity index (χ2v) is 16.0. The molecule has 0 fully saturated rings. The molecule has 0 aliphatic rings. The van der Waals surface area contributed by atoms with Crippen LogP contribution in [0, 0.1) is 0 Å². The fourth-order valence-corrected chi connectivity index (χ4v) is 10.3. The Kier molecular flexibility index (Phi) is 5.79. The van der Waals surface area contributed by atoms with Crippen LogP contribution in [0.4, 0.5) is 0 Å². The van der Waals surface area contributed by atoms with E-state index >= 15 is 0 Å². The van der Waals surface area contributed by atoms with E-state index in [0.717, 1.165) is 55.0 Å². The molecule has 0 bridgehead atoms. The summed E-state index contributed by atoms with van der Waals surface area (Å²) in [6.07, 6.45) is 0. The Morgan fingerprint density at radius 1 is 0.241 bits per heavy atom. The zero-order chi connectivity index (χ0) is 37.6. The highest BCUT2D eigenvalue weighted by atomic mass is 16.3. The van der Waals surface area contributed by atoms with Gasteiger partial charge < -0.3 is 8.83 Å². The van der Waals surface area contributed by atoms with Crippen LogP contribution in [0.2, 0.25) is 0 Å². The van der Waals surface area contributed by atoms with Crippen molar-refractivity contribution >= 4 is 109 Å². The van der Waals surface area contributed by atoms with E-state index in [9.17, 15) is 0 Å². The van der Waals surface area contributed by atoms with Gasteiger partial charge in [-0.25, -0.2) is 0 Å². The molecule has 0 amide bonds. The van der Waals surface area contributed by atoms with Crippen molar-refractivity contribution in [3.05, 3.63) is 182 Å². The summed E-state index contributed by atoms with van der Waals surface area (Å²) in [7, 11) is 0. The molecule has 2 aromatic heterocycles. The van der Waals surface area contributed by atoms with Crippen LogP contribution in [-0.4, -0.2) is 0 Å². The van der Waals surface area contributed by atoms with Gasteiger partial charge in [0.05, 0.1) is 0 Å². The van der Waals surface area contributed by atoms with Crippen LogP contribution < -0.4 is 0 Å². The third kappa shape index (κ3) is 4.06. The van der Waals surface area contributed by atoms with Crippen LogP contribution in [0.5, 0.6) is 0 Å². The number of furan rings is 2. The minimum atomic E-state index is 0.876. The van der Waals surface area contributed by atoms with Crippen molar-refractivity contribution < 1.29 is 8.83 Å². The zero-order valence-electron chi connectivity index (χ0n) is 31.1. The van der Waals surface area contributed by atoms with Crippen molar-refractivity contribution in [2.24, 2.45) is 0 Å². The van der Waals surface area contributed by atoms with E-state index in [2.05, 4.69) is 182 Å². The second-order valence-electron chi connectivity index (χ2n) is 16.0. The van der Waals surface area contributed by atoms with E-state index in [1.165, 1.54) is 86.9 Å². The first kappa shape index (κ1) is 30.5. The highest BCUT2D eigenvalue weighted by molar-refractivity contribution is 6.27. The van der Waals surface area contributed by atoms with Gasteiger partial charge in [0.1, 0.15) is 22.3 Å². The topological polar surface area (TPSA) is 26.3 Å². The van der Waals surface area contributed by atoms with E-state index in [4.69, 9.17) is 8.83 Å². The average molecular weight is 735 g/mol. The first-order chi connectivity index (χ1) is 28.7. The summed E-state index contributed by atoms with van der Waals surface area (Å²) in [5.41, 5.74) is 10.5. The van der Waals surface area contributed by atoms with Gasteiger partial charge in [0.15, 0.2) is 0 Å². The summed E-state index contributed by atoms with van der Waals surface area (Å²) in [5.74, 6) is 0. The van der Waals surface area contributed by atoms with Crippen LogP contribution in [0.3, 0.4) is 0 Å². The highest BCUT2D eigenvalue weighted by Gasteiger charge is 2.18. The Balaban J connectivity index is 0.911. The smallest absolute Gasteiger partial charge is 0.143 e. The molecule has 0 spiro atoms. The minimum absolute atomic E-state index is 0.876. The van der Waals surface area contributed by atoms with Crippen LogP contribution in [0.15, 0.2) is 191 Å². The molecular weight excluding hydrogens is 705 g/mol. The van der Waals surface area contributed by atoms with Gasteiger partial charge >= 0.3 is 0 Å². The molecule has 0 aliphatic carbocycles. The number of para-hydroxylation sites is 1. The predicted octanol–water partition coefficient (Wildman–Crippen LogP) is 16.3. The Morgan fingerprint density at radius 3 is 1.16 bits per heavy atom. The van der Waals surface area contributed by atoms with E-state index < -0.39 is 0 Å². The van der Waals surface area contributed by atoms with Crippen LogP contribution in [-0.2, 0) is 0 Å². The van der Waals surface area contributed by atoms with Crippen LogP contribution in [0.1, 0.15) is 0 Å². The summed E-state index contributed by atoms with van der Waals surface area (Å²) in [6, 6.07) is 66.7. The third-order valence-electron chi connectivity index (χ3n) is 13.0. The lowest BCUT2D eigenvalue weighted by Gasteiger charge is -2.14. The van der Waals surface area contributed by atoms with Crippen molar-refractivity contribution in [2.45, 2.75) is 0 Å². The second kappa shape index (κ2) is 11.0. The molecule has 12 aromatic carbocycles. The molecule has 58 heavy (non-hydrogen) atoms.